The van der Waals surface area contributed by atoms with Crippen molar-refractivity contribution in [2.24, 2.45) is 0 Å². The highest BCUT2D eigenvalue weighted by Crippen LogP contribution is 2.25. The maximum Gasteiger partial charge on any atom is 0.328 e. The lowest BCUT2D eigenvalue weighted by Gasteiger charge is -2.23. The Bertz CT molecular complexity index is 596. The normalized spacial score (nSPS) is 20.9. The molecule has 1 aromatic heterocycles. The molecule has 0 bridgehead atoms. The summed E-state index contributed by atoms with van der Waals surface area (Å²) in [6.07, 6.45) is 2.86. The first kappa shape index (κ1) is 10.9. The summed E-state index contributed by atoms with van der Waals surface area (Å²) in [5.74, 6) is 0. The molecule has 1 aromatic carbocycles. The maximum atomic E-state index is 11.9. The number of nitrogens with zero attached hydrogens (tertiary/aromatic N) is 1. The molecule has 1 unspecified atom stereocenters. The minimum atomic E-state index is -0.163. The van der Waals surface area contributed by atoms with Crippen LogP contribution in [0.15, 0.2) is 23.0 Å². The molecule has 3 rings (SSSR count). The number of imidazole rings is 1. The lowest BCUT2D eigenvalue weighted by Crippen LogP contribution is -2.26. The third-order valence-corrected chi connectivity index (χ3v) is 3.36. The summed E-state index contributed by atoms with van der Waals surface area (Å²) in [6.45, 7) is 0.713. The highest BCUT2D eigenvalue weighted by atomic mass is 35.5. The van der Waals surface area contributed by atoms with Gasteiger partial charge in [0, 0.05) is 11.6 Å². The van der Waals surface area contributed by atoms with E-state index in [0.29, 0.717) is 11.6 Å². The van der Waals surface area contributed by atoms with Gasteiger partial charge in [0.05, 0.1) is 11.0 Å². The van der Waals surface area contributed by atoms with E-state index in [4.69, 9.17) is 16.3 Å². The van der Waals surface area contributed by atoms with Gasteiger partial charge in [-0.3, -0.25) is 4.57 Å². The molecular weight excluding hydrogens is 240 g/mol. The van der Waals surface area contributed by atoms with Crippen LogP contribution in [0, 0.1) is 0 Å². The molecule has 90 valence electrons. The number of hydrogen-bond donors (Lipinski definition) is 1. The van der Waals surface area contributed by atoms with Gasteiger partial charge in [0.15, 0.2) is 0 Å². The van der Waals surface area contributed by atoms with Crippen LogP contribution < -0.4 is 5.69 Å². The lowest BCUT2D eigenvalue weighted by atomic mass is 10.2. The Morgan fingerprint density at radius 3 is 3.06 bits per heavy atom. The van der Waals surface area contributed by atoms with E-state index in [-0.39, 0.29) is 11.9 Å². The molecule has 1 saturated heterocycles. The van der Waals surface area contributed by atoms with Crippen molar-refractivity contribution >= 4 is 22.6 Å². The average Bonchev–Trinajstić information content (AvgIpc) is 2.65. The van der Waals surface area contributed by atoms with Crippen molar-refractivity contribution in [3.8, 4) is 0 Å². The van der Waals surface area contributed by atoms with Gasteiger partial charge in [0.25, 0.3) is 0 Å². The number of halogens is 1. The number of ether oxygens (including phenoxy) is 1. The van der Waals surface area contributed by atoms with Gasteiger partial charge >= 0.3 is 5.69 Å². The molecule has 1 aliphatic heterocycles. The second kappa shape index (κ2) is 4.20. The Balaban J connectivity index is 2.16. The van der Waals surface area contributed by atoms with Gasteiger partial charge in [-0.05, 0) is 37.5 Å². The number of aromatic nitrogens is 2. The molecule has 0 aliphatic carbocycles. The summed E-state index contributed by atoms with van der Waals surface area (Å²) in [5, 5.41) is 0.626. The minimum absolute atomic E-state index is 0.130. The van der Waals surface area contributed by atoms with Crippen molar-refractivity contribution < 1.29 is 4.74 Å². The third-order valence-electron chi connectivity index (χ3n) is 3.12. The van der Waals surface area contributed by atoms with Crippen molar-refractivity contribution in [2.45, 2.75) is 25.5 Å². The van der Waals surface area contributed by atoms with Gasteiger partial charge in [-0.15, -0.1) is 0 Å². The first-order valence-electron chi connectivity index (χ1n) is 5.77. The fourth-order valence-electron chi connectivity index (χ4n) is 2.31. The van der Waals surface area contributed by atoms with E-state index >= 15 is 0 Å². The molecule has 1 atom stereocenters. The largest absolute Gasteiger partial charge is 0.358 e. The van der Waals surface area contributed by atoms with E-state index < -0.39 is 0 Å². The van der Waals surface area contributed by atoms with Crippen molar-refractivity contribution in [1.82, 2.24) is 9.55 Å². The number of nitrogens with one attached hydrogen (secondary N) is 1. The summed E-state index contributed by atoms with van der Waals surface area (Å²) in [4.78, 5) is 14.8. The zero-order valence-corrected chi connectivity index (χ0v) is 10.0. The van der Waals surface area contributed by atoms with E-state index in [1.54, 1.807) is 16.7 Å². The van der Waals surface area contributed by atoms with Crippen LogP contribution in [0.5, 0.6) is 0 Å². The fraction of sp³-hybridized carbons (Fsp3) is 0.417. The Morgan fingerprint density at radius 2 is 2.29 bits per heavy atom. The third kappa shape index (κ3) is 1.87. The second-order valence-electron chi connectivity index (χ2n) is 4.28. The van der Waals surface area contributed by atoms with Gasteiger partial charge in [-0.1, -0.05) is 11.6 Å². The van der Waals surface area contributed by atoms with Crippen LogP contribution >= 0.6 is 11.6 Å². The van der Waals surface area contributed by atoms with Crippen LogP contribution in [-0.4, -0.2) is 16.2 Å². The first-order chi connectivity index (χ1) is 8.25. The van der Waals surface area contributed by atoms with E-state index in [2.05, 4.69) is 4.98 Å². The van der Waals surface area contributed by atoms with E-state index in [1.807, 2.05) is 6.07 Å². The number of aromatic amines is 1. The van der Waals surface area contributed by atoms with Gasteiger partial charge in [0.1, 0.15) is 6.23 Å². The quantitative estimate of drug-likeness (QED) is 0.848. The molecule has 0 saturated carbocycles. The predicted octanol–water partition coefficient (Wildman–Crippen LogP) is 2.68. The van der Waals surface area contributed by atoms with Crippen LogP contribution in [0.2, 0.25) is 5.02 Å². The molecule has 1 N–H and O–H groups in total. The summed E-state index contributed by atoms with van der Waals surface area (Å²) < 4.78 is 7.32. The van der Waals surface area contributed by atoms with Gasteiger partial charge in [-0.2, -0.15) is 0 Å². The van der Waals surface area contributed by atoms with Crippen molar-refractivity contribution in [1.29, 1.82) is 0 Å². The zero-order valence-electron chi connectivity index (χ0n) is 9.28. The minimum Gasteiger partial charge on any atom is -0.358 e. The van der Waals surface area contributed by atoms with Crippen molar-refractivity contribution in [2.75, 3.05) is 6.61 Å². The van der Waals surface area contributed by atoms with E-state index in [0.717, 1.165) is 30.3 Å². The molecule has 2 aromatic rings. The summed E-state index contributed by atoms with van der Waals surface area (Å²) in [7, 11) is 0. The number of rotatable bonds is 1. The lowest BCUT2D eigenvalue weighted by molar-refractivity contribution is -0.0313. The number of fused-ring (bicyclic) bond motifs is 1. The van der Waals surface area contributed by atoms with Crippen LogP contribution in [0.25, 0.3) is 11.0 Å². The number of hydrogen-bond acceptors (Lipinski definition) is 2. The predicted molar refractivity (Wildman–Crippen MR) is 66.4 cm³/mol. The highest BCUT2D eigenvalue weighted by Gasteiger charge is 2.20. The van der Waals surface area contributed by atoms with Gasteiger partial charge in [-0.25, -0.2) is 4.79 Å². The maximum absolute atomic E-state index is 11.9. The van der Waals surface area contributed by atoms with Crippen molar-refractivity contribution in [3.63, 3.8) is 0 Å². The molecule has 0 radical (unpaired) electrons. The molecule has 1 fully saturated rings. The Kier molecular flexibility index (Phi) is 2.68. The van der Waals surface area contributed by atoms with Gasteiger partial charge < -0.3 is 9.72 Å². The first-order valence-corrected chi connectivity index (χ1v) is 6.15. The Hall–Kier alpha value is -1.26. The second-order valence-corrected chi connectivity index (χ2v) is 4.72. The zero-order chi connectivity index (χ0) is 11.8. The molecule has 17 heavy (non-hydrogen) atoms. The average molecular weight is 253 g/mol. The molecule has 1 aliphatic rings. The molecule has 0 spiro atoms. The monoisotopic (exact) mass is 252 g/mol. The fourth-order valence-corrected chi connectivity index (χ4v) is 2.47. The molecule has 4 nitrogen and oxygen atoms in total. The van der Waals surface area contributed by atoms with Crippen LogP contribution in [0.3, 0.4) is 0 Å². The summed E-state index contributed by atoms with van der Waals surface area (Å²) in [5.41, 5.74) is 1.48. The molecular formula is C12H13ClN2O2. The number of benzene rings is 1. The molecule has 2 heterocycles. The molecule has 0 amide bonds. The Labute approximate surface area is 103 Å². The highest BCUT2D eigenvalue weighted by molar-refractivity contribution is 6.31. The summed E-state index contributed by atoms with van der Waals surface area (Å²) >= 11 is 5.97. The van der Waals surface area contributed by atoms with Crippen LogP contribution in [0.1, 0.15) is 25.5 Å². The van der Waals surface area contributed by atoms with Crippen LogP contribution in [-0.2, 0) is 4.74 Å². The smallest absolute Gasteiger partial charge is 0.328 e. The topological polar surface area (TPSA) is 47.0 Å². The standard InChI is InChI=1S/C12H13ClN2O2/c13-8-4-5-9-10(7-8)15(12(16)14-9)11-3-1-2-6-17-11/h4-5,7,11H,1-3,6H2,(H,14,16). The van der Waals surface area contributed by atoms with E-state index in [9.17, 15) is 4.79 Å². The van der Waals surface area contributed by atoms with Gasteiger partial charge in [0.2, 0.25) is 0 Å². The SMILES string of the molecule is O=c1[nH]c2ccc(Cl)cc2n1C1CCCCO1. The molecule has 5 heteroatoms. The van der Waals surface area contributed by atoms with Crippen molar-refractivity contribution in [3.05, 3.63) is 33.7 Å². The Morgan fingerprint density at radius 1 is 1.41 bits per heavy atom. The van der Waals surface area contributed by atoms with E-state index in [1.165, 1.54) is 0 Å². The summed E-state index contributed by atoms with van der Waals surface area (Å²) in [6, 6.07) is 5.39. The number of H-pyrrole nitrogens is 1. The van der Waals surface area contributed by atoms with Crippen LogP contribution in [0.4, 0.5) is 0 Å².